The molecular weight excluding hydrogens is 300 g/mol. The fraction of sp³-hybridized carbons (Fsp3) is 0.571. The minimum atomic E-state index is -4.15. The van der Waals surface area contributed by atoms with Gasteiger partial charge in [-0.1, -0.05) is 6.92 Å². The van der Waals surface area contributed by atoms with Crippen molar-refractivity contribution < 1.29 is 22.3 Å². The lowest BCUT2D eigenvalue weighted by Crippen LogP contribution is -2.53. The fourth-order valence-corrected chi connectivity index (χ4v) is 4.15. The maximum absolute atomic E-state index is 13.7. The van der Waals surface area contributed by atoms with Crippen molar-refractivity contribution in [2.24, 2.45) is 5.92 Å². The van der Waals surface area contributed by atoms with Gasteiger partial charge >= 0.3 is 0 Å². The predicted molar refractivity (Wildman–Crippen MR) is 74.1 cm³/mol. The minimum absolute atomic E-state index is 0.345. The number of sulfonamides is 1. The normalized spacial score (nSPS) is 26.8. The van der Waals surface area contributed by atoms with Crippen LogP contribution in [-0.2, 0) is 10.0 Å². The molecule has 1 aliphatic carbocycles. The van der Waals surface area contributed by atoms with Crippen LogP contribution in [0.15, 0.2) is 23.1 Å². The Hall–Kier alpha value is -1.05. The van der Waals surface area contributed by atoms with E-state index < -0.39 is 32.1 Å². The standard InChI is InChI=1S/C14H19F2NO3S/c1-10-4-6-14(9-18,7-5-10)17-21(19,20)13-3-2-11(15)8-12(13)16/h2-3,8,10,17-18H,4-7,9H2,1H3. The van der Waals surface area contributed by atoms with E-state index in [9.17, 15) is 22.3 Å². The largest absolute Gasteiger partial charge is 0.394 e. The van der Waals surface area contributed by atoms with Gasteiger partial charge in [-0.25, -0.2) is 21.9 Å². The smallest absolute Gasteiger partial charge is 0.244 e. The highest BCUT2D eigenvalue weighted by Gasteiger charge is 2.38. The van der Waals surface area contributed by atoms with Gasteiger partial charge in [-0.05, 0) is 43.7 Å². The molecule has 4 nitrogen and oxygen atoms in total. The first-order chi connectivity index (χ1) is 9.78. The summed E-state index contributed by atoms with van der Waals surface area (Å²) in [6, 6.07) is 2.32. The number of halogens is 2. The second-order valence-corrected chi connectivity index (χ2v) is 7.45. The zero-order chi connectivity index (χ0) is 15.7. The van der Waals surface area contributed by atoms with Crippen LogP contribution < -0.4 is 4.72 Å². The van der Waals surface area contributed by atoms with E-state index in [1.807, 2.05) is 0 Å². The SMILES string of the molecule is CC1CCC(CO)(NS(=O)(=O)c2ccc(F)cc2F)CC1. The molecule has 0 atom stereocenters. The topological polar surface area (TPSA) is 66.4 Å². The van der Waals surface area contributed by atoms with Gasteiger partial charge in [0.05, 0.1) is 12.1 Å². The molecule has 1 aromatic rings. The number of benzene rings is 1. The highest BCUT2D eigenvalue weighted by atomic mass is 32.2. The lowest BCUT2D eigenvalue weighted by Gasteiger charge is -2.38. The Labute approximate surface area is 123 Å². The van der Waals surface area contributed by atoms with Crippen LogP contribution >= 0.6 is 0 Å². The third-order valence-electron chi connectivity index (χ3n) is 4.07. The predicted octanol–water partition coefficient (Wildman–Crippen LogP) is 2.18. The Bertz CT molecular complexity index is 611. The van der Waals surface area contributed by atoms with E-state index in [0.717, 1.165) is 25.0 Å². The molecular formula is C14H19F2NO3S. The lowest BCUT2D eigenvalue weighted by molar-refractivity contribution is 0.125. The van der Waals surface area contributed by atoms with Crippen molar-refractivity contribution in [3.8, 4) is 0 Å². The van der Waals surface area contributed by atoms with Crippen LogP contribution in [0.3, 0.4) is 0 Å². The highest BCUT2D eigenvalue weighted by molar-refractivity contribution is 7.89. The molecule has 2 rings (SSSR count). The Morgan fingerprint density at radius 1 is 1.33 bits per heavy atom. The van der Waals surface area contributed by atoms with Gasteiger partial charge < -0.3 is 5.11 Å². The van der Waals surface area contributed by atoms with Gasteiger partial charge in [0, 0.05) is 6.07 Å². The van der Waals surface area contributed by atoms with Crippen LogP contribution in [0.4, 0.5) is 8.78 Å². The van der Waals surface area contributed by atoms with E-state index in [-0.39, 0.29) is 6.61 Å². The van der Waals surface area contributed by atoms with Gasteiger partial charge in [-0.3, -0.25) is 0 Å². The first-order valence-electron chi connectivity index (χ1n) is 6.88. The van der Waals surface area contributed by atoms with E-state index in [2.05, 4.69) is 11.6 Å². The van der Waals surface area contributed by atoms with E-state index in [0.29, 0.717) is 24.8 Å². The summed E-state index contributed by atoms with van der Waals surface area (Å²) in [5, 5.41) is 9.57. The molecule has 7 heteroatoms. The van der Waals surface area contributed by atoms with Crippen LogP contribution in [0.1, 0.15) is 32.6 Å². The third kappa shape index (κ3) is 3.59. The lowest BCUT2D eigenvalue weighted by atomic mass is 9.78. The number of nitrogens with one attached hydrogen (secondary N) is 1. The number of hydrogen-bond acceptors (Lipinski definition) is 3. The zero-order valence-corrected chi connectivity index (χ0v) is 12.6. The highest BCUT2D eigenvalue weighted by Crippen LogP contribution is 2.33. The molecule has 0 aliphatic heterocycles. The molecule has 0 aromatic heterocycles. The molecule has 2 N–H and O–H groups in total. The van der Waals surface area contributed by atoms with Crippen molar-refractivity contribution in [1.29, 1.82) is 0 Å². The van der Waals surface area contributed by atoms with E-state index in [1.54, 1.807) is 0 Å². The van der Waals surface area contributed by atoms with Crippen molar-refractivity contribution in [3.05, 3.63) is 29.8 Å². The summed E-state index contributed by atoms with van der Waals surface area (Å²) in [6.45, 7) is 1.72. The molecule has 1 aliphatic rings. The summed E-state index contributed by atoms with van der Waals surface area (Å²) < 4.78 is 53.6. The Kier molecular flexibility index (Phi) is 4.65. The van der Waals surface area contributed by atoms with Crippen molar-refractivity contribution >= 4 is 10.0 Å². The quantitative estimate of drug-likeness (QED) is 0.894. The van der Waals surface area contributed by atoms with E-state index >= 15 is 0 Å². The molecule has 1 aromatic carbocycles. The molecule has 0 bridgehead atoms. The Morgan fingerprint density at radius 3 is 2.48 bits per heavy atom. The van der Waals surface area contributed by atoms with Gasteiger partial charge in [0.15, 0.2) is 0 Å². The number of hydrogen-bond donors (Lipinski definition) is 2. The summed E-state index contributed by atoms with van der Waals surface area (Å²) in [5.74, 6) is -1.51. The molecule has 0 spiro atoms. The van der Waals surface area contributed by atoms with Crippen LogP contribution in [0.2, 0.25) is 0 Å². The second kappa shape index (κ2) is 5.98. The Morgan fingerprint density at radius 2 is 1.95 bits per heavy atom. The van der Waals surface area contributed by atoms with Gasteiger partial charge in [0.1, 0.15) is 16.5 Å². The molecule has 0 amide bonds. The minimum Gasteiger partial charge on any atom is -0.394 e. The first-order valence-corrected chi connectivity index (χ1v) is 8.36. The molecule has 0 radical (unpaired) electrons. The summed E-state index contributed by atoms with van der Waals surface area (Å²) in [6.07, 6.45) is 2.56. The summed E-state index contributed by atoms with van der Waals surface area (Å²) in [7, 11) is -4.15. The van der Waals surface area contributed by atoms with Crippen molar-refractivity contribution in [2.45, 2.75) is 43.0 Å². The number of aliphatic hydroxyl groups is 1. The summed E-state index contributed by atoms with van der Waals surface area (Å²) in [4.78, 5) is -0.602. The number of rotatable bonds is 4. The fourth-order valence-electron chi connectivity index (χ4n) is 2.64. The van der Waals surface area contributed by atoms with E-state index in [4.69, 9.17) is 0 Å². The third-order valence-corrected chi connectivity index (χ3v) is 5.68. The number of aliphatic hydroxyl groups excluding tert-OH is 1. The molecule has 21 heavy (non-hydrogen) atoms. The Balaban J connectivity index is 2.27. The van der Waals surface area contributed by atoms with Crippen LogP contribution in [-0.4, -0.2) is 25.7 Å². The van der Waals surface area contributed by atoms with Crippen LogP contribution in [0.25, 0.3) is 0 Å². The molecule has 0 heterocycles. The first kappa shape index (κ1) is 16.3. The van der Waals surface area contributed by atoms with Crippen molar-refractivity contribution in [1.82, 2.24) is 4.72 Å². The van der Waals surface area contributed by atoms with Gasteiger partial charge in [-0.2, -0.15) is 0 Å². The average molecular weight is 319 g/mol. The molecule has 0 saturated heterocycles. The van der Waals surface area contributed by atoms with Gasteiger partial charge in [0.2, 0.25) is 10.0 Å². The van der Waals surface area contributed by atoms with Crippen LogP contribution in [0.5, 0.6) is 0 Å². The van der Waals surface area contributed by atoms with Crippen molar-refractivity contribution in [2.75, 3.05) is 6.61 Å². The van der Waals surface area contributed by atoms with E-state index in [1.165, 1.54) is 0 Å². The molecule has 1 saturated carbocycles. The zero-order valence-electron chi connectivity index (χ0n) is 11.8. The monoisotopic (exact) mass is 319 g/mol. The molecule has 118 valence electrons. The average Bonchev–Trinajstić information content (AvgIpc) is 2.41. The van der Waals surface area contributed by atoms with Gasteiger partial charge in [-0.15, -0.1) is 0 Å². The summed E-state index contributed by atoms with van der Waals surface area (Å²) >= 11 is 0. The van der Waals surface area contributed by atoms with Crippen molar-refractivity contribution in [3.63, 3.8) is 0 Å². The van der Waals surface area contributed by atoms with Gasteiger partial charge in [0.25, 0.3) is 0 Å². The molecule has 1 fully saturated rings. The maximum atomic E-state index is 13.7. The van der Waals surface area contributed by atoms with Crippen LogP contribution in [0, 0.1) is 17.6 Å². The maximum Gasteiger partial charge on any atom is 0.244 e. The molecule has 0 unspecified atom stereocenters. The summed E-state index contributed by atoms with van der Waals surface area (Å²) in [5.41, 5.74) is -0.966. The second-order valence-electron chi connectivity index (χ2n) is 5.80.